The summed E-state index contributed by atoms with van der Waals surface area (Å²) in [6, 6.07) is 10.1. The van der Waals surface area contributed by atoms with E-state index >= 15 is 0 Å². The van der Waals surface area contributed by atoms with Gasteiger partial charge >= 0.3 is 6.03 Å². The molecule has 0 saturated carbocycles. The largest absolute Gasteiger partial charge is 0.497 e. The molecule has 0 fully saturated rings. The van der Waals surface area contributed by atoms with Gasteiger partial charge in [-0.15, -0.1) is 0 Å². The van der Waals surface area contributed by atoms with E-state index < -0.39 is 0 Å². The molecular weight excluding hydrogens is 340 g/mol. The van der Waals surface area contributed by atoms with Crippen LogP contribution in [0.3, 0.4) is 0 Å². The van der Waals surface area contributed by atoms with Gasteiger partial charge in [-0.3, -0.25) is 0 Å². The molecule has 1 heterocycles. The first-order valence-corrected chi connectivity index (χ1v) is 7.99. The molecule has 0 aromatic heterocycles. The zero-order valence-electron chi connectivity index (χ0n) is 14.5. The number of hydrogen-bond acceptors (Lipinski definition) is 6. The second-order valence-electron chi connectivity index (χ2n) is 5.31. The Labute approximate surface area is 151 Å². The smallest absolute Gasteiger partial charge is 0.319 e. The van der Waals surface area contributed by atoms with Gasteiger partial charge in [0.25, 0.3) is 0 Å². The van der Waals surface area contributed by atoms with Crippen molar-refractivity contribution in [3.05, 3.63) is 36.4 Å². The highest BCUT2D eigenvalue weighted by Gasteiger charge is 2.13. The zero-order chi connectivity index (χ0) is 18.4. The molecule has 138 valence electrons. The fourth-order valence-corrected chi connectivity index (χ4v) is 2.38. The minimum absolute atomic E-state index is 0.217. The van der Waals surface area contributed by atoms with E-state index in [4.69, 9.17) is 23.7 Å². The van der Waals surface area contributed by atoms with Crippen molar-refractivity contribution in [3.8, 4) is 28.7 Å². The molecular formula is C18H20N2O6. The summed E-state index contributed by atoms with van der Waals surface area (Å²) < 4.78 is 26.5. The summed E-state index contributed by atoms with van der Waals surface area (Å²) in [6.07, 6.45) is 0. The Balaban J connectivity index is 1.46. The number of benzene rings is 2. The van der Waals surface area contributed by atoms with Crippen molar-refractivity contribution in [2.24, 2.45) is 0 Å². The third-order valence-electron chi connectivity index (χ3n) is 3.66. The number of urea groups is 1. The summed E-state index contributed by atoms with van der Waals surface area (Å²) in [6.45, 7) is 0.850. The van der Waals surface area contributed by atoms with E-state index in [-0.39, 0.29) is 12.8 Å². The van der Waals surface area contributed by atoms with E-state index in [1.165, 1.54) is 7.11 Å². The summed E-state index contributed by atoms with van der Waals surface area (Å²) in [5.74, 6) is 3.15. The number of carbonyl (C=O) groups is 1. The lowest BCUT2D eigenvalue weighted by molar-refractivity contribution is 0.173. The van der Waals surface area contributed by atoms with Crippen LogP contribution in [0.1, 0.15) is 0 Å². The van der Waals surface area contributed by atoms with Crippen molar-refractivity contribution < 1.29 is 28.5 Å². The van der Waals surface area contributed by atoms with Crippen molar-refractivity contribution in [1.82, 2.24) is 5.32 Å². The van der Waals surface area contributed by atoms with Crippen LogP contribution >= 0.6 is 0 Å². The second kappa shape index (κ2) is 8.19. The molecule has 0 radical (unpaired) electrons. The molecule has 1 aliphatic rings. The molecule has 8 heteroatoms. The quantitative estimate of drug-likeness (QED) is 0.738. The number of anilines is 1. The second-order valence-corrected chi connectivity index (χ2v) is 5.31. The standard InChI is InChI=1S/C18H20N2O6/c1-22-12-3-5-15(23-2)14(9-12)20-18(21)19-7-8-24-13-4-6-16-17(10-13)26-11-25-16/h3-6,9-10H,7-8,11H2,1-2H3,(H2,19,20,21). The molecule has 2 amide bonds. The summed E-state index contributed by atoms with van der Waals surface area (Å²) >= 11 is 0. The monoisotopic (exact) mass is 360 g/mol. The van der Waals surface area contributed by atoms with Gasteiger partial charge < -0.3 is 34.3 Å². The van der Waals surface area contributed by atoms with Crippen LogP contribution in [0.15, 0.2) is 36.4 Å². The van der Waals surface area contributed by atoms with E-state index in [2.05, 4.69) is 10.6 Å². The Morgan fingerprint density at radius 1 is 1.04 bits per heavy atom. The highest BCUT2D eigenvalue weighted by Crippen LogP contribution is 2.35. The predicted molar refractivity (Wildman–Crippen MR) is 94.6 cm³/mol. The fraction of sp³-hybridized carbons (Fsp3) is 0.278. The Morgan fingerprint density at radius 2 is 1.85 bits per heavy atom. The molecule has 1 aliphatic heterocycles. The van der Waals surface area contributed by atoms with E-state index in [1.807, 2.05) is 0 Å². The Kier molecular flexibility index (Phi) is 5.52. The maximum Gasteiger partial charge on any atom is 0.319 e. The van der Waals surface area contributed by atoms with Crippen LogP contribution in [0.5, 0.6) is 28.7 Å². The van der Waals surface area contributed by atoms with Crippen LogP contribution in [0.4, 0.5) is 10.5 Å². The number of rotatable bonds is 7. The van der Waals surface area contributed by atoms with Gasteiger partial charge in [0.1, 0.15) is 23.9 Å². The fourth-order valence-electron chi connectivity index (χ4n) is 2.38. The Morgan fingerprint density at radius 3 is 2.65 bits per heavy atom. The topological polar surface area (TPSA) is 87.3 Å². The van der Waals surface area contributed by atoms with Gasteiger partial charge in [-0.25, -0.2) is 4.79 Å². The molecule has 0 unspecified atom stereocenters. The van der Waals surface area contributed by atoms with Gasteiger partial charge in [0.05, 0.1) is 26.5 Å². The maximum atomic E-state index is 12.0. The molecule has 2 aromatic carbocycles. The minimum atomic E-state index is -0.370. The summed E-state index contributed by atoms with van der Waals surface area (Å²) in [4.78, 5) is 12.0. The molecule has 0 saturated heterocycles. The Bertz CT molecular complexity index is 780. The highest BCUT2D eigenvalue weighted by atomic mass is 16.7. The highest BCUT2D eigenvalue weighted by molar-refractivity contribution is 5.91. The predicted octanol–water partition coefficient (Wildman–Crippen LogP) is 2.63. The average molecular weight is 360 g/mol. The van der Waals surface area contributed by atoms with Gasteiger partial charge in [0.2, 0.25) is 6.79 Å². The molecule has 0 atom stereocenters. The number of nitrogens with one attached hydrogen (secondary N) is 2. The summed E-state index contributed by atoms with van der Waals surface area (Å²) in [7, 11) is 3.09. The number of fused-ring (bicyclic) bond motifs is 1. The molecule has 3 rings (SSSR count). The van der Waals surface area contributed by atoms with Crippen LogP contribution in [-0.2, 0) is 0 Å². The lowest BCUT2D eigenvalue weighted by Crippen LogP contribution is -2.32. The van der Waals surface area contributed by atoms with Crippen molar-refractivity contribution in [2.75, 3.05) is 39.5 Å². The number of amides is 2. The van der Waals surface area contributed by atoms with Crippen LogP contribution in [0, 0.1) is 0 Å². The van der Waals surface area contributed by atoms with E-state index in [1.54, 1.807) is 43.5 Å². The van der Waals surface area contributed by atoms with E-state index in [9.17, 15) is 4.79 Å². The lowest BCUT2D eigenvalue weighted by atomic mass is 10.2. The lowest BCUT2D eigenvalue weighted by Gasteiger charge is -2.13. The van der Waals surface area contributed by atoms with Crippen LogP contribution in [0.2, 0.25) is 0 Å². The maximum absolute atomic E-state index is 12.0. The van der Waals surface area contributed by atoms with Gasteiger partial charge in [-0.05, 0) is 24.3 Å². The Hall–Kier alpha value is -3.29. The number of hydrogen-bond donors (Lipinski definition) is 2. The first kappa shape index (κ1) is 17.5. The SMILES string of the molecule is COc1ccc(OC)c(NC(=O)NCCOc2ccc3c(c2)OCO3)c1. The van der Waals surface area contributed by atoms with Crippen molar-refractivity contribution in [1.29, 1.82) is 0 Å². The first-order valence-electron chi connectivity index (χ1n) is 7.99. The molecule has 8 nitrogen and oxygen atoms in total. The molecule has 2 aromatic rings. The molecule has 0 aliphatic carbocycles. The van der Waals surface area contributed by atoms with E-state index in [0.29, 0.717) is 47.6 Å². The first-order chi connectivity index (χ1) is 12.7. The van der Waals surface area contributed by atoms with Gasteiger partial charge in [0, 0.05) is 12.1 Å². The number of methoxy groups -OCH3 is 2. The van der Waals surface area contributed by atoms with E-state index in [0.717, 1.165) is 0 Å². The molecule has 26 heavy (non-hydrogen) atoms. The third kappa shape index (κ3) is 4.21. The van der Waals surface area contributed by atoms with Crippen molar-refractivity contribution in [3.63, 3.8) is 0 Å². The van der Waals surface area contributed by atoms with Gasteiger partial charge in [-0.1, -0.05) is 0 Å². The van der Waals surface area contributed by atoms with Crippen molar-refractivity contribution >= 4 is 11.7 Å². The van der Waals surface area contributed by atoms with Gasteiger partial charge in [-0.2, -0.15) is 0 Å². The third-order valence-corrected chi connectivity index (χ3v) is 3.66. The van der Waals surface area contributed by atoms with Gasteiger partial charge in [0.15, 0.2) is 11.5 Å². The molecule has 0 bridgehead atoms. The zero-order valence-corrected chi connectivity index (χ0v) is 14.5. The summed E-state index contributed by atoms with van der Waals surface area (Å²) in [5, 5.41) is 5.44. The average Bonchev–Trinajstić information content (AvgIpc) is 3.13. The summed E-state index contributed by atoms with van der Waals surface area (Å²) in [5.41, 5.74) is 0.515. The van der Waals surface area contributed by atoms with Crippen LogP contribution in [-0.4, -0.2) is 40.2 Å². The number of carbonyl (C=O) groups excluding carboxylic acids is 1. The normalized spacial score (nSPS) is 11.6. The molecule has 2 N–H and O–H groups in total. The minimum Gasteiger partial charge on any atom is -0.497 e. The van der Waals surface area contributed by atoms with Crippen LogP contribution < -0.4 is 34.3 Å². The number of ether oxygens (including phenoxy) is 5. The molecule has 0 spiro atoms. The van der Waals surface area contributed by atoms with Crippen LogP contribution in [0.25, 0.3) is 0 Å². The van der Waals surface area contributed by atoms with Crippen molar-refractivity contribution in [2.45, 2.75) is 0 Å².